The lowest BCUT2D eigenvalue weighted by Gasteiger charge is -2.44. The van der Waals surface area contributed by atoms with E-state index in [0.717, 1.165) is 18.4 Å². The van der Waals surface area contributed by atoms with Gasteiger partial charge in [-0.15, -0.1) is 0 Å². The minimum absolute atomic E-state index is 0.0591. The van der Waals surface area contributed by atoms with Gasteiger partial charge in [-0.25, -0.2) is 0 Å². The van der Waals surface area contributed by atoms with E-state index < -0.39 is 0 Å². The molecular formula is C17H25Cl2NO. The molecule has 2 rings (SSSR count). The third kappa shape index (κ3) is 3.92. The highest BCUT2D eigenvalue weighted by molar-refractivity contribution is 6.42. The second kappa shape index (κ2) is 7.32. The van der Waals surface area contributed by atoms with Crippen molar-refractivity contribution in [2.45, 2.75) is 57.6 Å². The van der Waals surface area contributed by atoms with Crippen molar-refractivity contribution < 1.29 is 4.74 Å². The van der Waals surface area contributed by atoms with E-state index in [9.17, 15) is 0 Å². The molecule has 4 heteroatoms. The summed E-state index contributed by atoms with van der Waals surface area (Å²) < 4.78 is 6.14. The Morgan fingerprint density at radius 1 is 1.43 bits per heavy atom. The lowest BCUT2D eigenvalue weighted by atomic mass is 9.73. The molecule has 0 radical (unpaired) electrons. The van der Waals surface area contributed by atoms with Gasteiger partial charge in [-0.2, -0.15) is 0 Å². The standard InChI is InChI=1S/C17H25Cl2NO/c1-3-21-17(9-5-6-12(2)11-17)15(20)10-13-7-4-8-14(18)16(13)19/h4,7-8,12,15H,3,5-6,9-11,20H2,1-2H3. The van der Waals surface area contributed by atoms with Crippen molar-refractivity contribution in [1.82, 2.24) is 0 Å². The zero-order valence-electron chi connectivity index (χ0n) is 12.9. The molecule has 118 valence electrons. The maximum atomic E-state index is 6.56. The predicted molar refractivity (Wildman–Crippen MR) is 90.1 cm³/mol. The van der Waals surface area contributed by atoms with Gasteiger partial charge in [0.2, 0.25) is 0 Å². The summed E-state index contributed by atoms with van der Waals surface area (Å²) >= 11 is 12.4. The van der Waals surface area contributed by atoms with Gasteiger partial charge in [0, 0.05) is 12.6 Å². The molecular weight excluding hydrogens is 305 g/mol. The van der Waals surface area contributed by atoms with E-state index in [0.29, 0.717) is 29.0 Å². The fourth-order valence-corrected chi connectivity index (χ4v) is 3.93. The van der Waals surface area contributed by atoms with Crippen LogP contribution in [0, 0.1) is 5.92 Å². The molecule has 1 aromatic rings. The van der Waals surface area contributed by atoms with Crippen LogP contribution in [0.5, 0.6) is 0 Å². The summed E-state index contributed by atoms with van der Waals surface area (Å²) in [6.07, 6.45) is 5.20. The van der Waals surface area contributed by atoms with Gasteiger partial charge in [0.05, 0.1) is 15.6 Å². The number of hydrogen-bond acceptors (Lipinski definition) is 2. The Kier molecular flexibility index (Phi) is 5.96. The summed E-state index contributed by atoms with van der Waals surface area (Å²) in [5.74, 6) is 0.659. The molecule has 3 atom stereocenters. The minimum Gasteiger partial charge on any atom is -0.374 e. The van der Waals surface area contributed by atoms with Crippen LogP contribution < -0.4 is 5.73 Å². The minimum atomic E-state index is -0.224. The normalized spacial score (nSPS) is 27.6. The van der Waals surface area contributed by atoms with Crippen LogP contribution in [0.3, 0.4) is 0 Å². The van der Waals surface area contributed by atoms with Gasteiger partial charge in [0.1, 0.15) is 0 Å². The summed E-state index contributed by atoms with van der Waals surface area (Å²) in [5, 5.41) is 1.20. The van der Waals surface area contributed by atoms with Crippen LogP contribution in [-0.4, -0.2) is 18.2 Å². The number of ether oxygens (including phenoxy) is 1. The molecule has 3 unspecified atom stereocenters. The first kappa shape index (κ1) is 17.1. The van der Waals surface area contributed by atoms with Gasteiger partial charge in [0.25, 0.3) is 0 Å². The molecule has 0 bridgehead atoms. The smallest absolute Gasteiger partial charge is 0.0838 e. The highest BCUT2D eigenvalue weighted by atomic mass is 35.5. The van der Waals surface area contributed by atoms with Crippen molar-refractivity contribution in [3.05, 3.63) is 33.8 Å². The monoisotopic (exact) mass is 329 g/mol. The van der Waals surface area contributed by atoms with Gasteiger partial charge in [0.15, 0.2) is 0 Å². The zero-order chi connectivity index (χ0) is 15.5. The molecule has 1 aliphatic carbocycles. The van der Waals surface area contributed by atoms with Crippen LogP contribution in [0.15, 0.2) is 18.2 Å². The molecule has 1 aliphatic rings. The van der Waals surface area contributed by atoms with E-state index in [2.05, 4.69) is 6.92 Å². The summed E-state index contributed by atoms with van der Waals surface area (Å²) in [4.78, 5) is 0. The fraction of sp³-hybridized carbons (Fsp3) is 0.647. The van der Waals surface area contributed by atoms with Crippen LogP contribution in [0.4, 0.5) is 0 Å². The number of benzene rings is 1. The summed E-state index contributed by atoms with van der Waals surface area (Å²) in [7, 11) is 0. The maximum Gasteiger partial charge on any atom is 0.0838 e. The number of hydrogen-bond donors (Lipinski definition) is 1. The summed E-state index contributed by atoms with van der Waals surface area (Å²) in [6, 6.07) is 5.67. The Labute approximate surface area is 137 Å². The maximum absolute atomic E-state index is 6.56. The van der Waals surface area contributed by atoms with E-state index in [-0.39, 0.29) is 11.6 Å². The molecule has 2 nitrogen and oxygen atoms in total. The summed E-state index contributed by atoms with van der Waals surface area (Å²) in [6.45, 7) is 5.02. The Hall–Kier alpha value is -0.280. The molecule has 0 aromatic heterocycles. The van der Waals surface area contributed by atoms with Crippen molar-refractivity contribution in [2.75, 3.05) is 6.61 Å². The zero-order valence-corrected chi connectivity index (χ0v) is 14.4. The first-order valence-electron chi connectivity index (χ1n) is 7.81. The average Bonchev–Trinajstić information content (AvgIpc) is 2.44. The van der Waals surface area contributed by atoms with Crippen molar-refractivity contribution in [2.24, 2.45) is 11.7 Å². The molecule has 1 saturated carbocycles. The lowest BCUT2D eigenvalue weighted by Crippen LogP contribution is -2.53. The number of halogens is 2. The third-order valence-electron chi connectivity index (χ3n) is 4.57. The van der Waals surface area contributed by atoms with Crippen LogP contribution in [0.25, 0.3) is 0 Å². The van der Waals surface area contributed by atoms with Crippen LogP contribution >= 0.6 is 23.2 Å². The lowest BCUT2D eigenvalue weighted by molar-refractivity contribution is -0.0925. The second-order valence-electron chi connectivity index (χ2n) is 6.22. The van der Waals surface area contributed by atoms with Crippen molar-refractivity contribution in [1.29, 1.82) is 0 Å². The first-order valence-corrected chi connectivity index (χ1v) is 8.56. The quantitative estimate of drug-likeness (QED) is 0.838. The molecule has 2 N–H and O–H groups in total. The highest BCUT2D eigenvalue weighted by Gasteiger charge is 2.41. The second-order valence-corrected chi connectivity index (χ2v) is 7.01. The van der Waals surface area contributed by atoms with Crippen molar-refractivity contribution >= 4 is 23.2 Å². The van der Waals surface area contributed by atoms with E-state index in [1.165, 1.54) is 12.8 Å². The predicted octanol–water partition coefficient (Wildman–Crippen LogP) is 4.85. The molecule has 21 heavy (non-hydrogen) atoms. The van der Waals surface area contributed by atoms with Gasteiger partial charge in [-0.05, 0) is 43.7 Å². The molecule has 1 fully saturated rings. The number of nitrogens with two attached hydrogens (primary N) is 1. The average molecular weight is 330 g/mol. The molecule has 1 aromatic carbocycles. The van der Waals surface area contributed by atoms with Gasteiger partial charge < -0.3 is 10.5 Å². The van der Waals surface area contributed by atoms with Gasteiger partial charge in [-0.1, -0.05) is 55.1 Å². The van der Waals surface area contributed by atoms with Crippen molar-refractivity contribution in [3.8, 4) is 0 Å². The Balaban J connectivity index is 2.18. The molecule has 0 aliphatic heterocycles. The SMILES string of the molecule is CCOC1(C(N)Cc2cccc(Cl)c2Cl)CCCC(C)C1. The van der Waals surface area contributed by atoms with E-state index in [1.807, 2.05) is 19.1 Å². The fourth-order valence-electron chi connectivity index (χ4n) is 3.54. The Morgan fingerprint density at radius 2 is 2.19 bits per heavy atom. The molecule has 0 saturated heterocycles. The van der Waals surface area contributed by atoms with Crippen molar-refractivity contribution in [3.63, 3.8) is 0 Å². The van der Waals surface area contributed by atoms with Gasteiger partial charge >= 0.3 is 0 Å². The Morgan fingerprint density at radius 3 is 2.86 bits per heavy atom. The van der Waals surface area contributed by atoms with Crippen LogP contribution in [0.2, 0.25) is 10.0 Å². The molecule has 0 amide bonds. The van der Waals surface area contributed by atoms with Gasteiger partial charge in [-0.3, -0.25) is 0 Å². The van der Waals surface area contributed by atoms with Crippen LogP contribution in [-0.2, 0) is 11.2 Å². The first-order chi connectivity index (χ1) is 9.98. The highest BCUT2D eigenvalue weighted by Crippen LogP contribution is 2.39. The Bertz CT molecular complexity index is 476. The largest absolute Gasteiger partial charge is 0.374 e. The van der Waals surface area contributed by atoms with E-state index in [1.54, 1.807) is 6.07 Å². The number of rotatable bonds is 5. The molecule has 0 spiro atoms. The summed E-state index contributed by atoms with van der Waals surface area (Å²) in [5.41, 5.74) is 7.34. The van der Waals surface area contributed by atoms with E-state index >= 15 is 0 Å². The topological polar surface area (TPSA) is 35.2 Å². The van der Waals surface area contributed by atoms with Crippen LogP contribution in [0.1, 0.15) is 45.1 Å². The molecule has 0 heterocycles. The van der Waals surface area contributed by atoms with E-state index in [4.69, 9.17) is 33.7 Å². The third-order valence-corrected chi connectivity index (χ3v) is 5.43.